The van der Waals surface area contributed by atoms with Crippen LogP contribution in [0.15, 0.2) is 24.3 Å². The zero-order valence-electron chi connectivity index (χ0n) is 18.9. The van der Waals surface area contributed by atoms with Crippen LogP contribution in [0.2, 0.25) is 0 Å². The van der Waals surface area contributed by atoms with Gasteiger partial charge in [0.1, 0.15) is 5.82 Å². The number of hydrogen-bond donors (Lipinski definition) is 1. The fourth-order valence-electron chi connectivity index (χ4n) is 3.43. The van der Waals surface area contributed by atoms with E-state index in [9.17, 15) is 14.0 Å². The van der Waals surface area contributed by atoms with E-state index in [1.807, 2.05) is 25.7 Å². The average Bonchev–Trinajstić information content (AvgIpc) is 2.69. The summed E-state index contributed by atoms with van der Waals surface area (Å²) in [7, 11) is 0. The second-order valence-corrected chi connectivity index (χ2v) is 9.05. The zero-order chi connectivity index (χ0) is 22.1. The summed E-state index contributed by atoms with van der Waals surface area (Å²) in [5, 5.41) is 3.02. The summed E-state index contributed by atoms with van der Waals surface area (Å²) in [5.41, 5.74) is 0.564. The zero-order valence-corrected chi connectivity index (χ0v) is 18.9. The molecule has 0 spiro atoms. The third-order valence-corrected chi connectivity index (χ3v) is 5.21. The van der Waals surface area contributed by atoms with Crippen molar-refractivity contribution in [2.45, 2.75) is 59.0 Å². The van der Waals surface area contributed by atoms with E-state index in [0.29, 0.717) is 19.5 Å². The molecule has 1 aromatic carbocycles. The van der Waals surface area contributed by atoms with Gasteiger partial charge in [-0.2, -0.15) is 0 Å². The monoisotopic (exact) mass is 420 g/mol. The first kappa shape index (κ1) is 24.1. The molecule has 3 amide bonds. The van der Waals surface area contributed by atoms with Crippen LogP contribution in [0.3, 0.4) is 0 Å². The molecule has 1 aliphatic rings. The lowest BCUT2D eigenvalue weighted by molar-refractivity contribution is -0.133. The summed E-state index contributed by atoms with van der Waals surface area (Å²) < 4.78 is 13.2. The van der Waals surface area contributed by atoms with Gasteiger partial charge in [0.05, 0.1) is 0 Å². The molecule has 30 heavy (non-hydrogen) atoms. The van der Waals surface area contributed by atoms with Gasteiger partial charge in [0.2, 0.25) is 5.91 Å². The van der Waals surface area contributed by atoms with Crippen molar-refractivity contribution in [3.8, 4) is 0 Å². The Kier molecular flexibility index (Phi) is 9.08. The van der Waals surface area contributed by atoms with Crippen LogP contribution in [-0.2, 0) is 11.3 Å². The minimum atomic E-state index is -0.331. The fourth-order valence-corrected chi connectivity index (χ4v) is 3.43. The summed E-state index contributed by atoms with van der Waals surface area (Å²) in [4.78, 5) is 31.0. The SMILES string of the molecule is CCCCC(=O)N1CCN(CCN(Cc2ccc(F)cc2)C(=O)NC(C)(C)C)CC1. The quantitative estimate of drug-likeness (QED) is 0.701. The Morgan fingerprint density at radius 2 is 1.73 bits per heavy atom. The van der Waals surface area contributed by atoms with Crippen molar-refractivity contribution in [3.63, 3.8) is 0 Å². The van der Waals surface area contributed by atoms with Gasteiger partial charge in [-0.3, -0.25) is 9.69 Å². The van der Waals surface area contributed by atoms with Crippen molar-refractivity contribution in [1.82, 2.24) is 20.0 Å². The fraction of sp³-hybridized carbons (Fsp3) is 0.652. The molecule has 1 saturated heterocycles. The van der Waals surface area contributed by atoms with Gasteiger partial charge in [0.15, 0.2) is 0 Å². The van der Waals surface area contributed by atoms with Gasteiger partial charge < -0.3 is 15.1 Å². The lowest BCUT2D eigenvalue weighted by Gasteiger charge is -2.36. The predicted octanol–water partition coefficient (Wildman–Crippen LogP) is 3.47. The Labute approximate surface area is 180 Å². The van der Waals surface area contributed by atoms with Gasteiger partial charge in [0.25, 0.3) is 0 Å². The highest BCUT2D eigenvalue weighted by Crippen LogP contribution is 2.11. The Balaban J connectivity index is 1.90. The normalized spacial score (nSPS) is 15.2. The van der Waals surface area contributed by atoms with Gasteiger partial charge >= 0.3 is 6.03 Å². The molecule has 0 radical (unpaired) electrons. The number of halogens is 1. The second-order valence-electron chi connectivity index (χ2n) is 9.05. The van der Waals surface area contributed by atoms with Crippen LogP contribution in [-0.4, -0.2) is 71.4 Å². The molecule has 1 fully saturated rings. The predicted molar refractivity (Wildman–Crippen MR) is 118 cm³/mol. The summed E-state index contributed by atoms with van der Waals surface area (Å²) in [6, 6.07) is 6.15. The van der Waals surface area contributed by atoms with Crippen LogP contribution in [0.5, 0.6) is 0 Å². The summed E-state index contributed by atoms with van der Waals surface area (Å²) in [6.07, 6.45) is 2.61. The first-order valence-corrected chi connectivity index (χ1v) is 11.0. The number of benzene rings is 1. The number of nitrogens with zero attached hydrogens (tertiary/aromatic N) is 3. The molecule has 1 heterocycles. The van der Waals surface area contributed by atoms with E-state index in [-0.39, 0.29) is 23.3 Å². The maximum atomic E-state index is 13.2. The maximum Gasteiger partial charge on any atom is 0.318 e. The molecule has 0 bridgehead atoms. The number of nitrogens with one attached hydrogen (secondary N) is 1. The molecule has 168 valence electrons. The first-order valence-electron chi connectivity index (χ1n) is 11.0. The van der Waals surface area contributed by atoms with Gasteiger partial charge in [0, 0.05) is 57.8 Å². The van der Waals surface area contributed by atoms with Crippen LogP contribution >= 0.6 is 0 Å². The van der Waals surface area contributed by atoms with Crippen LogP contribution in [0.25, 0.3) is 0 Å². The Morgan fingerprint density at radius 1 is 1.10 bits per heavy atom. The molecule has 1 N–H and O–H groups in total. The standard InChI is InChI=1S/C23H37FN4O2/c1-5-6-7-21(29)27-15-12-26(13-16-27)14-17-28(22(30)25-23(2,3)4)18-19-8-10-20(24)11-9-19/h8-11H,5-7,12-18H2,1-4H3,(H,25,30). The number of carbonyl (C=O) groups excluding carboxylic acids is 2. The van der Waals surface area contributed by atoms with Crippen LogP contribution in [0.4, 0.5) is 9.18 Å². The first-order chi connectivity index (χ1) is 14.2. The van der Waals surface area contributed by atoms with Crippen molar-refractivity contribution in [2.75, 3.05) is 39.3 Å². The van der Waals surface area contributed by atoms with E-state index >= 15 is 0 Å². The largest absolute Gasteiger partial charge is 0.340 e. The number of urea groups is 1. The number of carbonyl (C=O) groups is 2. The molecule has 0 unspecified atom stereocenters. The van der Waals surface area contributed by atoms with Crippen LogP contribution in [0.1, 0.15) is 52.5 Å². The number of unbranched alkanes of at least 4 members (excludes halogenated alkanes) is 1. The Hall–Kier alpha value is -2.15. The highest BCUT2D eigenvalue weighted by Gasteiger charge is 2.23. The van der Waals surface area contributed by atoms with Crippen molar-refractivity contribution in [3.05, 3.63) is 35.6 Å². The van der Waals surface area contributed by atoms with E-state index < -0.39 is 0 Å². The van der Waals surface area contributed by atoms with Gasteiger partial charge in [-0.25, -0.2) is 9.18 Å². The number of piperazine rings is 1. The Bertz CT molecular complexity index is 679. The highest BCUT2D eigenvalue weighted by atomic mass is 19.1. The molecular weight excluding hydrogens is 383 g/mol. The number of rotatable bonds is 8. The van der Waals surface area contributed by atoms with E-state index in [0.717, 1.165) is 51.1 Å². The van der Waals surface area contributed by atoms with Crippen LogP contribution < -0.4 is 5.32 Å². The molecule has 2 rings (SSSR count). The van der Waals surface area contributed by atoms with Gasteiger partial charge in [-0.15, -0.1) is 0 Å². The molecule has 0 saturated carbocycles. The molecule has 7 heteroatoms. The third-order valence-electron chi connectivity index (χ3n) is 5.21. The van der Waals surface area contributed by atoms with Crippen LogP contribution in [0, 0.1) is 5.82 Å². The third kappa shape index (κ3) is 8.30. The van der Waals surface area contributed by atoms with Crippen molar-refractivity contribution >= 4 is 11.9 Å². The summed E-state index contributed by atoms with van der Waals surface area (Å²) in [5.74, 6) is -0.0326. The molecule has 0 atom stereocenters. The Morgan fingerprint density at radius 3 is 2.30 bits per heavy atom. The van der Waals surface area contributed by atoms with E-state index in [4.69, 9.17) is 0 Å². The highest BCUT2D eigenvalue weighted by molar-refractivity contribution is 5.76. The van der Waals surface area contributed by atoms with E-state index in [1.165, 1.54) is 12.1 Å². The second kappa shape index (κ2) is 11.3. The average molecular weight is 421 g/mol. The van der Waals surface area contributed by atoms with Crippen molar-refractivity contribution in [1.29, 1.82) is 0 Å². The minimum Gasteiger partial charge on any atom is -0.340 e. The lowest BCUT2D eigenvalue weighted by atomic mass is 10.1. The van der Waals surface area contributed by atoms with Gasteiger partial charge in [-0.05, 0) is 44.9 Å². The van der Waals surface area contributed by atoms with Crippen molar-refractivity contribution < 1.29 is 14.0 Å². The molecule has 0 aliphatic carbocycles. The van der Waals surface area contributed by atoms with Crippen molar-refractivity contribution in [2.24, 2.45) is 0 Å². The smallest absolute Gasteiger partial charge is 0.318 e. The molecule has 1 aliphatic heterocycles. The maximum absolute atomic E-state index is 13.2. The number of amides is 3. The molecule has 6 nitrogen and oxygen atoms in total. The molecular formula is C23H37FN4O2. The molecule has 0 aromatic heterocycles. The lowest BCUT2D eigenvalue weighted by Crippen LogP contribution is -2.52. The molecule has 1 aromatic rings. The minimum absolute atomic E-state index is 0.125. The van der Waals surface area contributed by atoms with Gasteiger partial charge in [-0.1, -0.05) is 25.5 Å². The van der Waals surface area contributed by atoms with E-state index in [1.54, 1.807) is 17.0 Å². The number of hydrogen-bond acceptors (Lipinski definition) is 3. The summed E-state index contributed by atoms with van der Waals surface area (Å²) in [6.45, 7) is 12.8. The summed E-state index contributed by atoms with van der Waals surface area (Å²) >= 11 is 0. The topological polar surface area (TPSA) is 55.9 Å². The van der Waals surface area contributed by atoms with E-state index in [2.05, 4.69) is 17.1 Å².